The van der Waals surface area contributed by atoms with Gasteiger partial charge in [0.2, 0.25) is 11.8 Å². The van der Waals surface area contributed by atoms with Gasteiger partial charge in [-0.2, -0.15) is 0 Å². The van der Waals surface area contributed by atoms with Crippen LogP contribution in [0.4, 0.5) is 0 Å². The van der Waals surface area contributed by atoms with Crippen molar-refractivity contribution in [3.8, 4) is 0 Å². The zero-order valence-corrected chi connectivity index (χ0v) is 18.4. The van der Waals surface area contributed by atoms with Gasteiger partial charge in [0, 0.05) is 33.1 Å². The van der Waals surface area contributed by atoms with Gasteiger partial charge in [0.1, 0.15) is 5.82 Å². The third-order valence-corrected chi connectivity index (χ3v) is 6.96. The lowest BCUT2D eigenvalue weighted by atomic mass is 9.85. The van der Waals surface area contributed by atoms with Crippen molar-refractivity contribution in [3.05, 3.63) is 42.2 Å². The highest BCUT2D eigenvalue weighted by Crippen LogP contribution is 2.52. The fourth-order valence-electron chi connectivity index (χ4n) is 5.44. The fourth-order valence-corrected chi connectivity index (χ4v) is 5.44. The monoisotopic (exact) mass is 434 g/mol. The number of aromatic amines is 1. The van der Waals surface area contributed by atoms with Crippen LogP contribution in [0.1, 0.15) is 25.1 Å². The van der Waals surface area contributed by atoms with Gasteiger partial charge in [-0.05, 0) is 43.2 Å². The standard InChI is InChI=1S/C24H30N6O2/c1-25-24(26-11-4-8-19-28-17-6-2-3-7-18(17)29-19)27-12-5-13-30-22(31)20-15-9-10-16(14-15)21(20)23(30)32/h2-3,6-7,9-10,15-16,20-21H,4-5,8,11-14H2,1H3,(H,28,29)(H2,25,26,27). The van der Waals surface area contributed by atoms with Gasteiger partial charge in [-0.15, -0.1) is 0 Å². The molecule has 1 saturated heterocycles. The van der Waals surface area contributed by atoms with E-state index in [4.69, 9.17) is 0 Å². The van der Waals surface area contributed by atoms with E-state index in [2.05, 4.69) is 37.7 Å². The van der Waals surface area contributed by atoms with Crippen molar-refractivity contribution < 1.29 is 9.59 Å². The van der Waals surface area contributed by atoms with Crippen LogP contribution in [-0.2, 0) is 16.0 Å². The summed E-state index contributed by atoms with van der Waals surface area (Å²) < 4.78 is 0. The Hall–Kier alpha value is -3.16. The molecule has 32 heavy (non-hydrogen) atoms. The Morgan fingerprint density at radius 3 is 2.47 bits per heavy atom. The molecule has 2 heterocycles. The molecule has 0 radical (unpaired) electrons. The molecule has 1 aromatic heterocycles. The molecule has 1 aliphatic heterocycles. The Morgan fingerprint density at radius 1 is 1.09 bits per heavy atom. The number of aliphatic imine (C=N–C) groups is 1. The normalized spacial score (nSPS) is 26.4. The molecule has 3 N–H and O–H groups in total. The molecule has 4 unspecified atom stereocenters. The van der Waals surface area contributed by atoms with E-state index in [9.17, 15) is 9.59 Å². The molecular formula is C24H30N6O2. The number of H-pyrrole nitrogens is 1. The van der Waals surface area contributed by atoms with E-state index in [1.54, 1.807) is 7.05 Å². The molecule has 168 valence electrons. The second-order valence-electron chi connectivity index (χ2n) is 8.91. The number of likely N-dealkylation sites (tertiary alicyclic amines) is 1. The molecular weight excluding hydrogens is 404 g/mol. The summed E-state index contributed by atoms with van der Waals surface area (Å²) in [7, 11) is 1.74. The minimum Gasteiger partial charge on any atom is -0.356 e. The van der Waals surface area contributed by atoms with Gasteiger partial charge in [0.05, 0.1) is 22.9 Å². The van der Waals surface area contributed by atoms with E-state index in [0.29, 0.717) is 19.5 Å². The third-order valence-electron chi connectivity index (χ3n) is 6.96. The average molecular weight is 435 g/mol. The number of amides is 2. The number of rotatable bonds is 8. The lowest BCUT2D eigenvalue weighted by molar-refractivity contribution is -0.140. The number of carbonyl (C=O) groups is 2. The van der Waals surface area contributed by atoms with Crippen molar-refractivity contribution >= 4 is 28.8 Å². The summed E-state index contributed by atoms with van der Waals surface area (Å²) in [5.74, 6) is 2.12. The number of hydrogen-bond donors (Lipinski definition) is 3. The van der Waals surface area contributed by atoms with Gasteiger partial charge >= 0.3 is 0 Å². The number of para-hydroxylation sites is 2. The summed E-state index contributed by atoms with van der Waals surface area (Å²) in [6.07, 6.45) is 7.73. The van der Waals surface area contributed by atoms with Crippen molar-refractivity contribution in [3.63, 3.8) is 0 Å². The van der Waals surface area contributed by atoms with Gasteiger partial charge in [-0.25, -0.2) is 4.98 Å². The van der Waals surface area contributed by atoms with E-state index in [1.165, 1.54) is 4.90 Å². The number of allylic oxidation sites excluding steroid dienone is 2. The molecule has 4 atom stereocenters. The summed E-state index contributed by atoms with van der Waals surface area (Å²) in [6.45, 7) is 1.90. The fraction of sp³-hybridized carbons (Fsp3) is 0.500. The smallest absolute Gasteiger partial charge is 0.233 e. The van der Waals surface area contributed by atoms with E-state index < -0.39 is 0 Å². The number of imidazole rings is 1. The van der Waals surface area contributed by atoms with Crippen LogP contribution >= 0.6 is 0 Å². The largest absolute Gasteiger partial charge is 0.356 e. The van der Waals surface area contributed by atoms with Crippen molar-refractivity contribution in [2.75, 3.05) is 26.7 Å². The number of carbonyl (C=O) groups excluding carboxylic acids is 2. The van der Waals surface area contributed by atoms with Crippen molar-refractivity contribution in [1.82, 2.24) is 25.5 Å². The van der Waals surface area contributed by atoms with Crippen LogP contribution < -0.4 is 10.6 Å². The summed E-state index contributed by atoms with van der Waals surface area (Å²) in [6, 6.07) is 8.04. The molecule has 1 aromatic carbocycles. The summed E-state index contributed by atoms with van der Waals surface area (Å²) in [5, 5.41) is 6.59. The highest BCUT2D eigenvalue weighted by molar-refractivity contribution is 6.06. The predicted molar refractivity (Wildman–Crippen MR) is 123 cm³/mol. The number of benzene rings is 1. The first-order valence-corrected chi connectivity index (χ1v) is 11.6. The van der Waals surface area contributed by atoms with Gasteiger partial charge in [0.15, 0.2) is 5.96 Å². The van der Waals surface area contributed by atoms with Gasteiger partial charge < -0.3 is 15.6 Å². The van der Waals surface area contributed by atoms with Crippen LogP contribution in [0.5, 0.6) is 0 Å². The van der Waals surface area contributed by atoms with Crippen LogP contribution in [0.2, 0.25) is 0 Å². The number of aryl methyl sites for hydroxylation is 1. The molecule has 2 aromatic rings. The Labute approximate surface area is 187 Å². The lowest BCUT2D eigenvalue weighted by Crippen LogP contribution is -2.40. The average Bonchev–Trinajstić information content (AvgIpc) is 3.56. The predicted octanol–water partition coefficient (Wildman–Crippen LogP) is 1.86. The molecule has 2 bridgehead atoms. The van der Waals surface area contributed by atoms with Crippen LogP contribution in [0, 0.1) is 23.7 Å². The van der Waals surface area contributed by atoms with Crippen LogP contribution in [-0.4, -0.2) is 59.3 Å². The third kappa shape index (κ3) is 3.78. The second-order valence-corrected chi connectivity index (χ2v) is 8.91. The second kappa shape index (κ2) is 8.76. The number of nitrogens with zero attached hydrogens (tertiary/aromatic N) is 3. The lowest BCUT2D eigenvalue weighted by Gasteiger charge is -2.18. The Bertz CT molecular complexity index is 1010. The topological polar surface area (TPSA) is 102 Å². The Morgan fingerprint density at radius 2 is 1.78 bits per heavy atom. The Balaban J connectivity index is 1.01. The quantitative estimate of drug-likeness (QED) is 0.194. The maximum absolute atomic E-state index is 12.7. The Kier molecular flexibility index (Phi) is 5.68. The minimum absolute atomic E-state index is 0.0324. The molecule has 2 fully saturated rings. The molecule has 3 aliphatic rings. The number of nitrogens with one attached hydrogen (secondary N) is 3. The zero-order valence-electron chi connectivity index (χ0n) is 18.4. The minimum atomic E-state index is -0.105. The van der Waals surface area contributed by atoms with Crippen LogP contribution in [0.15, 0.2) is 41.4 Å². The van der Waals surface area contributed by atoms with E-state index >= 15 is 0 Å². The van der Waals surface area contributed by atoms with Crippen molar-refractivity contribution in [1.29, 1.82) is 0 Å². The molecule has 2 amide bonds. The van der Waals surface area contributed by atoms with E-state index in [1.807, 2.05) is 24.3 Å². The highest BCUT2D eigenvalue weighted by atomic mass is 16.2. The van der Waals surface area contributed by atoms with Gasteiger partial charge in [-0.3, -0.25) is 19.5 Å². The maximum Gasteiger partial charge on any atom is 0.233 e. The number of imide groups is 1. The molecule has 2 aliphatic carbocycles. The molecule has 8 heteroatoms. The van der Waals surface area contributed by atoms with E-state index in [0.717, 1.165) is 48.6 Å². The summed E-state index contributed by atoms with van der Waals surface area (Å²) >= 11 is 0. The number of aromatic nitrogens is 2. The first-order valence-electron chi connectivity index (χ1n) is 11.6. The number of hydrogen-bond acceptors (Lipinski definition) is 4. The van der Waals surface area contributed by atoms with Gasteiger partial charge in [0.25, 0.3) is 0 Å². The first-order chi connectivity index (χ1) is 15.7. The SMILES string of the molecule is CN=C(NCCCc1nc2ccccc2[nH]1)NCCCN1C(=O)C2C3C=CC(C3)C2C1=O. The zero-order chi connectivity index (χ0) is 22.1. The van der Waals surface area contributed by atoms with Crippen molar-refractivity contribution in [2.24, 2.45) is 28.7 Å². The summed E-state index contributed by atoms with van der Waals surface area (Å²) in [5.41, 5.74) is 2.06. The number of fused-ring (bicyclic) bond motifs is 6. The molecule has 1 saturated carbocycles. The molecule has 5 rings (SSSR count). The molecule has 8 nitrogen and oxygen atoms in total. The summed E-state index contributed by atoms with van der Waals surface area (Å²) in [4.78, 5) is 39.2. The van der Waals surface area contributed by atoms with Gasteiger partial charge in [-0.1, -0.05) is 24.3 Å². The maximum atomic E-state index is 12.7. The van der Waals surface area contributed by atoms with E-state index in [-0.39, 0.29) is 35.5 Å². The van der Waals surface area contributed by atoms with Crippen molar-refractivity contribution in [2.45, 2.75) is 25.7 Å². The molecule has 0 spiro atoms. The first kappa shape index (κ1) is 20.7. The highest BCUT2D eigenvalue weighted by Gasteiger charge is 2.58. The van der Waals surface area contributed by atoms with Crippen LogP contribution in [0.25, 0.3) is 11.0 Å². The van der Waals surface area contributed by atoms with Crippen LogP contribution in [0.3, 0.4) is 0 Å². The number of guanidine groups is 1.